The van der Waals surface area contributed by atoms with Gasteiger partial charge in [-0.05, 0) is 60.1 Å². The molecule has 0 atom stereocenters. The van der Waals surface area contributed by atoms with Gasteiger partial charge >= 0.3 is 0 Å². The first-order valence-electron chi connectivity index (χ1n) is 10.3. The number of carbonyl (C=O) groups is 1. The molecule has 1 aliphatic rings. The van der Waals surface area contributed by atoms with Crippen LogP contribution in [0.5, 0.6) is 0 Å². The van der Waals surface area contributed by atoms with Gasteiger partial charge in [0.15, 0.2) is 0 Å². The molecule has 30 heavy (non-hydrogen) atoms. The summed E-state index contributed by atoms with van der Waals surface area (Å²) in [5.41, 5.74) is 1.08. The van der Waals surface area contributed by atoms with Crippen molar-refractivity contribution in [2.45, 2.75) is 43.9 Å². The average Bonchev–Trinajstić information content (AvgIpc) is 3.24. The third kappa shape index (κ3) is 5.83. The topological polar surface area (TPSA) is 79.6 Å². The molecule has 1 N–H and O–H groups in total. The van der Waals surface area contributed by atoms with Crippen LogP contribution in [0.4, 0.5) is 0 Å². The molecule has 162 valence electrons. The van der Waals surface area contributed by atoms with Crippen LogP contribution in [0.1, 0.15) is 44.9 Å². The summed E-state index contributed by atoms with van der Waals surface area (Å²) in [6.07, 6.45) is 6.28. The number of likely N-dealkylation sites (tertiary alicyclic amines) is 1. The molecule has 1 saturated heterocycles. The lowest BCUT2D eigenvalue weighted by Crippen LogP contribution is -2.40. The highest BCUT2D eigenvalue weighted by molar-refractivity contribution is 7.89. The number of amides is 1. The van der Waals surface area contributed by atoms with Gasteiger partial charge in [-0.25, -0.2) is 13.1 Å². The number of hydrogen-bond donors (Lipinski definition) is 1. The summed E-state index contributed by atoms with van der Waals surface area (Å²) in [5, 5.41) is 0. The van der Waals surface area contributed by atoms with Crippen LogP contribution in [0, 0.1) is 5.92 Å². The molecule has 1 aromatic carbocycles. The smallest absolute Gasteiger partial charge is 0.246 e. The van der Waals surface area contributed by atoms with Gasteiger partial charge in [0.25, 0.3) is 0 Å². The summed E-state index contributed by atoms with van der Waals surface area (Å²) in [7, 11) is -3.54. The zero-order valence-electron chi connectivity index (χ0n) is 17.8. The second-order valence-corrected chi connectivity index (χ2v) is 10.5. The Bertz CT molecular complexity index is 963. The maximum Gasteiger partial charge on any atom is 0.246 e. The van der Waals surface area contributed by atoms with Crippen molar-refractivity contribution in [3.05, 3.63) is 60.1 Å². The van der Waals surface area contributed by atoms with Gasteiger partial charge in [0.2, 0.25) is 15.9 Å². The average molecular weight is 431 g/mol. The van der Waals surface area contributed by atoms with Crippen LogP contribution in [0.25, 0.3) is 6.08 Å². The molecule has 0 radical (unpaired) electrons. The fourth-order valence-corrected chi connectivity index (χ4v) is 4.56. The lowest BCUT2D eigenvalue weighted by Gasteiger charge is -2.31. The SMILES string of the molecule is CC(C)(C)c1ccc(S(=O)(=O)NCC2CCN(C(=O)/C=C/c3ccco3)CC2)cc1. The summed E-state index contributed by atoms with van der Waals surface area (Å²) in [6.45, 7) is 7.91. The minimum Gasteiger partial charge on any atom is -0.465 e. The maximum absolute atomic E-state index is 12.6. The summed E-state index contributed by atoms with van der Waals surface area (Å²) in [6, 6.07) is 10.6. The molecule has 7 heteroatoms. The van der Waals surface area contributed by atoms with Crippen molar-refractivity contribution in [2.24, 2.45) is 5.92 Å². The molecule has 2 aromatic rings. The zero-order valence-corrected chi connectivity index (χ0v) is 18.6. The number of carbonyl (C=O) groups excluding carboxylic acids is 1. The fraction of sp³-hybridized carbons (Fsp3) is 0.435. The Kier molecular flexibility index (Phi) is 6.83. The van der Waals surface area contributed by atoms with Gasteiger partial charge < -0.3 is 9.32 Å². The monoisotopic (exact) mass is 430 g/mol. The van der Waals surface area contributed by atoms with Gasteiger partial charge in [0.1, 0.15) is 5.76 Å². The van der Waals surface area contributed by atoms with E-state index >= 15 is 0 Å². The Morgan fingerprint density at radius 3 is 2.40 bits per heavy atom. The van der Waals surface area contributed by atoms with Crippen molar-refractivity contribution in [2.75, 3.05) is 19.6 Å². The number of piperidine rings is 1. The number of hydrogen-bond acceptors (Lipinski definition) is 4. The molecular weight excluding hydrogens is 400 g/mol. The summed E-state index contributed by atoms with van der Waals surface area (Å²) in [4.78, 5) is 14.4. The van der Waals surface area contributed by atoms with Crippen LogP contribution < -0.4 is 4.72 Å². The van der Waals surface area contributed by atoms with Gasteiger partial charge in [-0.2, -0.15) is 0 Å². The normalized spacial score (nSPS) is 16.3. The Morgan fingerprint density at radius 1 is 1.17 bits per heavy atom. The lowest BCUT2D eigenvalue weighted by molar-refractivity contribution is -0.127. The fourth-order valence-electron chi connectivity index (χ4n) is 3.45. The van der Waals surface area contributed by atoms with E-state index in [0.717, 1.165) is 18.4 Å². The molecule has 1 aliphatic heterocycles. The molecule has 0 saturated carbocycles. The van der Waals surface area contributed by atoms with E-state index in [4.69, 9.17) is 4.42 Å². The molecule has 3 rings (SSSR count). The van der Waals surface area contributed by atoms with E-state index in [1.807, 2.05) is 12.1 Å². The maximum atomic E-state index is 12.6. The summed E-state index contributed by atoms with van der Waals surface area (Å²) >= 11 is 0. The number of rotatable bonds is 6. The quantitative estimate of drug-likeness (QED) is 0.707. The largest absolute Gasteiger partial charge is 0.465 e. The zero-order chi connectivity index (χ0) is 21.8. The van der Waals surface area contributed by atoms with E-state index in [2.05, 4.69) is 25.5 Å². The van der Waals surface area contributed by atoms with Crippen LogP contribution in [-0.4, -0.2) is 38.9 Å². The van der Waals surface area contributed by atoms with E-state index in [1.54, 1.807) is 41.5 Å². The van der Waals surface area contributed by atoms with Gasteiger partial charge in [-0.1, -0.05) is 32.9 Å². The minimum absolute atomic E-state index is 0.0196. The molecule has 0 spiro atoms. The van der Waals surface area contributed by atoms with Crippen LogP contribution in [0.3, 0.4) is 0 Å². The highest BCUT2D eigenvalue weighted by atomic mass is 32.2. The van der Waals surface area contributed by atoms with Crippen molar-refractivity contribution in [1.29, 1.82) is 0 Å². The Morgan fingerprint density at radius 2 is 1.83 bits per heavy atom. The highest BCUT2D eigenvalue weighted by Gasteiger charge is 2.24. The Labute approximate surface area is 179 Å². The Hall–Kier alpha value is -2.38. The first-order valence-corrected chi connectivity index (χ1v) is 11.7. The van der Waals surface area contributed by atoms with Gasteiger partial charge in [-0.3, -0.25) is 4.79 Å². The predicted molar refractivity (Wildman–Crippen MR) is 117 cm³/mol. The van der Waals surface area contributed by atoms with Crippen LogP contribution in [0.15, 0.2) is 58.1 Å². The van der Waals surface area contributed by atoms with Crippen LogP contribution >= 0.6 is 0 Å². The second-order valence-electron chi connectivity index (χ2n) is 8.74. The highest BCUT2D eigenvalue weighted by Crippen LogP contribution is 2.24. The van der Waals surface area contributed by atoms with Crippen molar-refractivity contribution < 1.29 is 17.6 Å². The third-order valence-corrected chi connectivity index (χ3v) is 6.89. The number of sulfonamides is 1. The second kappa shape index (κ2) is 9.18. The van der Waals surface area contributed by atoms with Crippen molar-refractivity contribution in [3.63, 3.8) is 0 Å². The molecule has 0 unspecified atom stereocenters. The predicted octanol–water partition coefficient (Wildman–Crippen LogP) is 3.81. The summed E-state index contributed by atoms with van der Waals surface area (Å²) in [5.74, 6) is 0.805. The third-order valence-electron chi connectivity index (χ3n) is 5.45. The summed E-state index contributed by atoms with van der Waals surface area (Å²) < 4.78 is 33.1. The van der Waals surface area contributed by atoms with Gasteiger partial charge in [0, 0.05) is 25.7 Å². The number of nitrogens with zero attached hydrogens (tertiary/aromatic N) is 1. The van der Waals surface area contributed by atoms with Crippen molar-refractivity contribution >= 4 is 22.0 Å². The van der Waals surface area contributed by atoms with E-state index in [0.29, 0.717) is 25.4 Å². The molecule has 2 heterocycles. The lowest BCUT2D eigenvalue weighted by atomic mass is 9.87. The van der Waals surface area contributed by atoms with E-state index < -0.39 is 10.0 Å². The molecule has 1 fully saturated rings. The minimum atomic E-state index is -3.54. The van der Waals surface area contributed by atoms with Crippen molar-refractivity contribution in [1.82, 2.24) is 9.62 Å². The first kappa shape index (κ1) is 22.3. The standard InChI is InChI=1S/C23H30N2O4S/c1-23(2,3)19-6-9-21(10-7-19)30(27,28)24-17-18-12-14-25(15-13-18)22(26)11-8-20-5-4-16-29-20/h4-11,16,18,24H,12-15,17H2,1-3H3/b11-8+. The number of furan rings is 1. The van der Waals surface area contributed by atoms with E-state index in [1.165, 1.54) is 6.08 Å². The molecule has 6 nitrogen and oxygen atoms in total. The number of benzene rings is 1. The van der Waals surface area contributed by atoms with Crippen LogP contribution in [0.2, 0.25) is 0 Å². The van der Waals surface area contributed by atoms with E-state index in [9.17, 15) is 13.2 Å². The molecule has 0 aliphatic carbocycles. The van der Waals surface area contributed by atoms with E-state index in [-0.39, 0.29) is 22.1 Å². The van der Waals surface area contributed by atoms with Gasteiger partial charge in [-0.15, -0.1) is 0 Å². The van der Waals surface area contributed by atoms with Gasteiger partial charge in [0.05, 0.1) is 11.2 Å². The first-order chi connectivity index (χ1) is 14.1. The van der Waals surface area contributed by atoms with Crippen molar-refractivity contribution in [3.8, 4) is 0 Å². The molecule has 1 amide bonds. The van der Waals surface area contributed by atoms with Crippen LogP contribution in [-0.2, 0) is 20.2 Å². The molecule has 0 bridgehead atoms. The number of nitrogens with one attached hydrogen (secondary N) is 1. The molecular formula is C23H30N2O4S. The molecule has 1 aromatic heterocycles. The Balaban J connectivity index is 1.48.